The summed E-state index contributed by atoms with van der Waals surface area (Å²) < 4.78 is 0. The molecule has 0 aliphatic rings. The third-order valence-electron chi connectivity index (χ3n) is 1.71. The highest BCUT2D eigenvalue weighted by molar-refractivity contribution is 8.00. The molecule has 0 spiro atoms. The Morgan fingerprint density at radius 3 is 2.53 bits per heavy atom. The van der Waals surface area contributed by atoms with Crippen LogP contribution in [-0.4, -0.2) is 17.3 Å². The van der Waals surface area contributed by atoms with Crippen LogP contribution in [-0.2, 0) is 0 Å². The minimum absolute atomic E-state index is 0.0440. The van der Waals surface area contributed by atoms with Gasteiger partial charge in [0, 0.05) is 5.75 Å². The summed E-state index contributed by atoms with van der Waals surface area (Å²) in [4.78, 5) is 11.7. The van der Waals surface area contributed by atoms with Crippen LogP contribution >= 0.6 is 35.0 Å². The predicted molar refractivity (Wildman–Crippen MR) is 68.3 cm³/mol. The Morgan fingerprint density at radius 2 is 2.00 bits per heavy atom. The van der Waals surface area contributed by atoms with E-state index >= 15 is 0 Å². The highest BCUT2D eigenvalue weighted by Crippen LogP contribution is 2.25. The number of ketones is 1. The first-order valence-electron chi connectivity index (χ1n) is 4.32. The first-order chi connectivity index (χ1) is 7.16. The Balaban J connectivity index is 2.77. The average molecular weight is 261 g/mol. The molecule has 1 rings (SSSR count). The molecule has 4 heteroatoms. The fourth-order valence-electron chi connectivity index (χ4n) is 1.07. The lowest BCUT2D eigenvalue weighted by Crippen LogP contribution is -2.04. The number of halogens is 2. The van der Waals surface area contributed by atoms with Gasteiger partial charge in [0.1, 0.15) is 0 Å². The Bertz CT molecular complexity index is 357. The van der Waals surface area contributed by atoms with Gasteiger partial charge in [0.05, 0.1) is 21.4 Å². The van der Waals surface area contributed by atoms with Gasteiger partial charge < -0.3 is 0 Å². The Kier molecular flexibility index (Phi) is 5.23. The second kappa shape index (κ2) is 6.21. The molecule has 1 nitrogen and oxygen atoms in total. The molecule has 0 atom stereocenters. The van der Waals surface area contributed by atoms with Crippen molar-refractivity contribution in [1.29, 1.82) is 0 Å². The van der Waals surface area contributed by atoms with Crippen molar-refractivity contribution in [2.24, 2.45) is 0 Å². The number of hydrogen-bond acceptors (Lipinski definition) is 2. The fourth-order valence-corrected chi connectivity index (χ4v) is 2.29. The molecular formula is C11H10Cl2OS. The summed E-state index contributed by atoms with van der Waals surface area (Å²) in [5.41, 5.74) is 0.414. The molecule has 0 fully saturated rings. The monoisotopic (exact) mass is 260 g/mol. The van der Waals surface area contributed by atoms with E-state index in [9.17, 15) is 4.79 Å². The van der Waals surface area contributed by atoms with E-state index in [0.29, 0.717) is 21.4 Å². The first kappa shape index (κ1) is 12.6. The molecule has 0 radical (unpaired) electrons. The van der Waals surface area contributed by atoms with Crippen LogP contribution in [0.2, 0.25) is 10.0 Å². The van der Waals surface area contributed by atoms with Gasteiger partial charge in [-0.15, -0.1) is 18.3 Å². The molecule has 0 aromatic heterocycles. The van der Waals surface area contributed by atoms with Crippen molar-refractivity contribution >= 4 is 40.7 Å². The molecule has 15 heavy (non-hydrogen) atoms. The SMILES string of the molecule is C=CCSCC(=O)c1c(Cl)cccc1Cl. The Hall–Kier alpha value is -0.440. The molecule has 0 bridgehead atoms. The lowest BCUT2D eigenvalue weighted by atomic mass is 10.1. The van der Waals surface area contributed by atoms with Crippen LogP contribution in [0.3, 0.4) is 0 Å². The van der Waals surface area contributed by atoms with Gasteiger partial charge in [-0.05, 0) is 12.1 Å². The maximum atomic E-state index is 11.7. The number of carbonyl (C=O) groups excluding carboxylic acids is 1. The molecule has 0 aliphatic heterocycles. The van der Waals surface area contributed by atoms with Crippen molar-refractivity contribution in [2.75, 3.05) is 11.5 Å². The standard InChI is InChI=1S/C11H10Cl2OS/c1-2-6-15-7-10(14)11-8(12)4-3-5-9(11)13/h2-5H,1,6-7H2. The normalized spacial score (nSPS) is 10.0. The van der Waals surface area contributed by atoms with Crippen LogP contribution in [0.5, 0.6) is 0 Å². The van der Waals surface area contributed by atoms with E-state index < -0.39 is 0 Å². The highest BCUT2D eigenvalue weighted by Gasteiger charge is 2.13. The minimum atomic E-state index is -0.0440. The molecule has 80 valence electrons. The second-order valence-electron chi connectivity index (χ2n) is 2.82. The van der Waals surface area contributed by atoms with E-state index in [-0.39, 0.29) is 5.78 Å². The minimum Gasteiger partial charge on any atom is -0.293 e. The Labute approximate surface area is 103 Å². The third kappa shape index (κ3) is 3.56. The molecule has 0 N–H and O–H groups in total. The van der Waals surface area contributed by atoms with Crippen molar-refractivity contribution in [3.63, 3.8) is 0 Å². The third-order valence-corrected chi connectivity index (χ3v) is 3.28. The molecule has 1 aromatic carbocycles. The molecule has 1 aromatic rings. The summed E-state index contributed by atoms with van der Waals surface area (Å²) in [6, 6.07) is 5.05. The smallest absolute Gasteiger partial charge is 0.175 e. The van der Waals surface area contributed by atoms with E-state index in [1.807, 2.05) is 0 Å². The summed E-state index contributed by atoms with van der Waals surface area (Å²) in [5.74, 6) is 1.07. The maximum absolute atomic E-state index is 11.7. The number of rotatable bonds is 5. The van der Waals surface area contributed by atoms with Gasteiger partial charge in [-0.1, -0.05) is 35.3 Å². The van der Waals surface area contributed by atoms with Gasteiger partial charge in [0.25, 0.3) is 0 Å². The topological polar surface area (TPSA) is 17.1 Å². The van der Waals surface area contributed by atoms with Crippen LogP contribution in [0.4, 0.5) is 0 Å². The van der Waals surface area contributed by atoms with Gasteiger partial charge >= 0.3 is 0 Å². The summed E-state index contributed by atoms with van der Waals surface area (Å²) in [7, 11) is 0. The van der Waals surface area contributed by atoms with Crippen LogP contribution in [0, 0.1) is 0 Å². The maximum Gasteiger partial charge on any atom is 0.175 e. The summed E-state index contributed by atoms with van der Waals surface area (Å²) >= 11 is 13.3. The fraction of sp³-hybridized carbons (Fsp3) is 0.182. The number of benzene rings is 1. The van der Waals surface area contributed by atoms with Crippen LogP contribution in [0.1, 0.15) is 10.4 Å². The molecule has 0 amide bonds. The van der Waals surface area contributed by atoms with Crippen molar-refractivity contribution in [3.8, 4) is 0 Å². The van der Waals surface area contributed by atoms with E-state index in [2.05, 4.69) is 6.58 Å². The van der Waals surface area contributed by atoms with E-state index in [1.54, 1.807) is 24.3 Å². The van der Waals surface area contributed by atoms with Crippen LogP contribution < -0.4 is 0 Å². The van der Waals surface area contributed by atoms with E-state index in [0.717, 1.165) is 5.75 Å². The predicted octanol–water partition coefficient (Wildman–Crippen LogP) is 4.10. The zero-order valence-electron chi connectivity index (χ0n) is 8.00. The van der Waals surface area contributed by atoms with Gasteiger partial charge in [0.15, 0.2) is 5.78 Å². The van der Waals surface area contributed by atoms with Gasteiger partial charge in [-0.25, -0.2) is 0 Å². The van der Waals surface area contributed by atoms with Gasteiger partial charge in [-0.3, -0.25) is 4.79 Å². The van der Waals surface area contributed by atoms with Crippen molar-refractivity contribution in [3.05, 3.63) is 46.5 Å². The number of Topliss-reactive ketones (excluding diaryl/α,β-unsaturated/α-hetero) is 1. The summed E-state index contributed by atoms with van der Waals surface area (Å²) in [5, 5.41) is 0.818. The lowest BCUT2D eigenvalue weighted by molar-refractivity contribution is 0.102. The van der Waals surface area contributed by atoms with Crippen molar-refractivity contribution in [2.45, 2.75) is 0 Å². The molecular weight excluding hydrogens is 251 g/mol. The molecule has 0 unspecified atom stereocenters. The molecule has 0 saturated carbocycles. The molecule has 0 heterocycles. The zero-order chi connectivity index (χ0) is 11.3. The number of hydrogen-bond donors (Lipinski definition) is 0. The Morgan fingerprint density at radius 1 is 1.40 bits per heavy atom. The molecule has 0 saturated heterocycles. The van der Waals surface area contributed by atoms with E-state index in [4.69, 9.17) is 23.2 Å². The van der Waals surface area contributed by atoms with Crippen molar-refractivity contribution < 1.29 is 4.79 Å². The summed E-state index contributed by atoms with van der Waals surface area (Å²) in [6.45, 7) is 3.58. The summed E-state index contributed by atoms with van der Waals surface area (Å²) in [6.07, 6.45) is 1.76. The molecule has 0 aliphatic carbocycles. The van der Waals surface area contributed by atoms with Gasteiger partial charge in [-0.2, -0.15) is 0 Å². The highest BCUT2D eigenvalue weighted by atomic mass is 35.5. The van der Waals surface area contributed by atoms with Gasteiger partial charge in [0.2, 0.25) is 0 Å². The first-order valence-corrected chi connectivity index (χ1v) is 6.23. The second-order valence-corrected chi connectivity index (χ2v) is 4.67. The average Bonchev–Trinajstić information content (AvgIpc) is 2.18. The quantitative estimate of drug-likeness (QED) is 0.451. The lowest BCUT2D eigenvalue weighted by Gasteiger charge is -2.04. The number of carbonyl (C=O) groups is 1. The van der Waals surface area contributed by atoms with Crippen LogP contribution in [0.15, 0.2) is 30.9 Å². The number of thioether (sulfide) groups is 1. The largest absolute Gasteiger partial charge is 0.293 e. The van der Waals surface area contributed by atoms with Crippen LogP contribution in [0.25, 0.3) is 0 Å². The zero-order valence-corrected chi connectivity index (χ0v) is 10.3. The van der Waals surface area contributed by atoms with E-state index in [1.165, 1.54) is 11.8 Å². The van der Waals surface area contributed by atoms with Crippen molar-refractivity contribution in [1.82, 2.24) is 0 Å².